The normalized spacial score (nSPS) is 12.2. The quantitative estimate of drug-likeness (QED) is 0.840. The molecule has 0 saturated carbocycles. The number of anilines is 1. The molecule has 1 N–H and O–H groups in total. The van der Waals surface area contributed by atoms with Crippen LogP contribution in [0, 0.1) is 11.3 Å². The molecule has 0 unspecified atom stereocenters. The van der Waals surface area contributed by atoms with Crippen LogP contribution < -0.4 is 10.9 Å². The van der Waals surface area contributed by atoms with Crippen LogP contribution in [0.15, 0.2) is 11.0 Å². The average Bonchev–Trinajstić information content (AvgIpc) is 2.32. The second-order valence-electron chi connectivity index (χ2n) is 7.01. The summed E-state index contributed by atoms with van der Waals surface area (Å²) in [6.45, 7) is 10.7. The molecular formula is C15H27ClN4O. The van der Waals surface area contributed by atoms with Crippen molar-refractivity contribution in [3.8, 4) is 0 Å². The van der Waals surface area contributed by atoms with Gasteiger partial charge in [0.15, 0.2) is 0 Å². The molecule has 0 saturated heterocycles. The highest BCUT2D eigenvalue weighted by molar-refractivity contribution is 6.32. The van der Waals surface area contributed by atoms with Crippen molar-refractivity contribution >= 4 is 17.3 Å². The number of nitrogens with zero attached hydrogens (tertiary/aromatic N) is 3. The van der Waals surface area contributed by atoms with E-state index in [2.05, 4.69) is 29.2 Å². The molecule has 0 aliphatic heterocycles. The third-order valence-corrected chi connectivity index (χ3v) is 3.39. The Hall–Kier alpha value is -1.07. The van der Waals surface area contributed by atoms with E-state index in [0.717, 1.165) is 13.1 Å². The number of hydrogen-bond acceptors (Lipinski definition) is 4. The summed E-state index contributed by atoms with van der Waals surface area (Å²) in [6, 6.07) is 0. The first-order chi connectivity index (χ1) is 9.62. The van der Waals surface area contributed by atoms with E-state index in [1.807, 2.05) is 27.9 Å². The zero-order valence-corrected chi connectivity index (χ0v) is 14.7. The van der Waals surface area contributed by atoms with E-state index >= 15 is 0 Å². The molecule has 120 valence electrons. The maximum absolute atomic E-state index is 12.1. The van der Waals surface area contributed by atoms with E-state index in [-0.39, 0.29) is 16.0 Å². The molecule has 6 heteroatoms. The Bertz CT molecular complexity index is 523. The molecule has 21 heavy (non-hydrogen) atoms. The Morgan fingerprint density at radius 1 is 1.43 bits per heavy atom. The van der Waals surface area contributed by atoms with Crippen molar-refractivity contribution in [1.29, 1.82) is 0 Å². The van der Waals surface area contributed by atoms with E-state index in [0.29, 0.717) is 18.2 Å². The second-order valence-corrected chi connectivity index (χ2v) is 7.39. The van der Waals surface area contributed by atoms with Crippen molar-refractivity contribution in [3.63, 3.8) is 0 Å². The zero-order chi connectivity index (χ0) is 16.2. The molecule has 0 aliphatic rings. The molecule has 0 fully saturated rings. The Morgan fingerprint density at radius 2 is 2.05 bits per heavy atom. The lowest BCUT2D eigenvalue weighted by Gasteiger charge is -2.29. The van der Waals surface area contributed by atoms with E-state index in [4.69, 9.17) is 11.6 Å². The summed E-state index contributed by atoms with van der Waals surface area (Å²) in [4.78, 5) is 14.3. The van der Waals surface area contributed by atoms with Crippen LogP contribution in [-0.2, 0) is 6.54 Å². The number of hydrogen-bond donors (Lipinski definition) is 1. The van der Waals surface area contributed by atoms with Crippen molar-refractivity contribution in [1.82, 2.24) is 14.7 Å². The van der Waals surface area contributed by atoms with Gasteiger partial charge in [0.25, 0.3) is 5.56 Å². The van der Waals surface area contributed by atoms with Crippen LogP contribution in [0.4, 0.5) is 5.69 Å². The summed E-state index contributed by atoms with van der Waals surface area (Å²) >= 11 is 6.17. The SMILES string of the molecule is CC(C)Cn1ncc(NCC(C)(C)CN(C)C)c(Cl)c1=O. The third-order valence-electron chi connectivity index (χ3n) is 3.02. The second kappa shape index (κ2) is 7.27. The monoisotopic (exact) mass is 314 g/mol. The highest BCUT2D eigenvalue weighted by Gasteiger charge is 2.20. The van der Waals surface area contributed by atoms with E-state index in [9.17, 15) is 4.79 Å². The van der Waals surface area contributed by atoms with Crippen molar-refractivity contribution in [2.75, 3.05) is 32.5 Å². The van der Waals surface area contributed by atoms with Gasteiger partial charge in [-0.15, -0.1) is 0 Å². The van der Waals surface area contributed by atoms with E-state index < -0.39 is 0 Å². The molecule has 1 heterocycles. The topological polar surface area (TPSA) is 50.2 Å². The molecule has 1 aromatic heterocycles. The van der Waals surface area contributed by atoms with Gasteiger partial charge >= 0.3 is 0 Å². The molecule has 1 rings (SSSR count). The van der Waals surface area contributed by atoms with Crippen LogP contribution in [0.3, 0.4) is 0 Å². The molecule has 0 radical (unpaired) electrons. The fourth-order valence-corrected chi connectivity index (χ4v) is 2.52. The predicted octanol–water partition coefficient (Wildman–Crippen LogP) is 2.55. The van der Waals surface area contributed by atoms with Crippen LogP contribution in [0.5, 0.6) is 0 Å². The van der Waals surface area contributed by atoms with Crippen LogP contribution in [0.25, 0.3) is 0 Å². The van der Waals surface area contributed by atoms with Gasteiger partial charge in [0.2, 0.25) is 0 Å². The first-order valence-corrected chi connectivity index (χ1v) is 7.64. The van der Waals surface area contributed by atoms with Crippen molar-refractivity contribution < 1.29 is 0 Å². The molecular weight excluding hydrogens is 288 g/mol. The van der Waals surface area contributed by atoms with Crippen molar-refractivity contribution in [2.45, 2.75) is 34.2 Å². The summed E-state index contributed by atoms with van der Waals surface area (Å²) < 4.78 is 1.42. The van der Waals surface area contributed by atoms with Gasteiger partial charge in [-0.2, -0.15) is 5.10 Å². The fourth-order valence-electron chi connectivity index (χ4n) is 2.31. The number of halogens is 1. The lowest BCUT2D eigenvalue weighted by Crippen LogP contribution is -2.35. The van der Waals surface area contributed by atoms with Gasteiger partial charge in [0, 0.05) is 19.6 Å². The number of nitrogens with one attached hydrogen (secondary N) is 1. The number of rotatable bonds is 7. The summed E-state index contributed by atoms with van der Waals surface area (Å²) in [5.41, 5.74) is 0.439. The maximum atomic E-state index is 12.1. The van der Waals surface area contributed by atoms with E-state index in [1.54, 1.807) is 6.20 Å². The van der Waals surface area contributed by atoms with E-state index in [1.165, 1.54) is 4.68 Å². The van der Waals surface area contributed by atoms with Gasteiger partial charge in [0.1, 0.15) is 5.02 Å². The molecule has 5 nitrogen and oxygen atoms in total. The Balaban J connectivity index is 2.82. The van der Waals surface area contributed by atoms with Gasteiger partial charge in [-0.25, -0.2) is 4.68 Å². The number of aromatic nitrogens is 2. The summed E-state index contributed by atoms with van der Waals surface area (Å²) in [7, 11) is 4.09. The highest BCUT2D eigenvalue weighted by Crippen LogP contribution is 2.20. The standard InChI is InChI=1S/C15H27ClN4O/c1-11(2)8-20-14(21)13(16)12(7-18-20)17-9-15(3,4)10-19(5)6/h7,11,17H,8-10H2,1-6H3. The smallest absolute Gasteiger partial charge is 0.287 e. The first-order valence-electron chi connectivity index (χ1n) is 7.26. The van der Waals surface area contributed by atoms with Gasteiger partial charge in [0.05, 0.1) is 11.9 Å². The summed E-state index contributed by atoms with van der Waals surface area (Å²) in [5, 5.41) is 7.65. The lowest BCUT2D eigenvalue weighted by atomic mass is 9.93. The van der Waals surface area contributed by atoms with Crippen molar-refractivity contribution in [3.05, 3.63) is 21.6 Å². The van der Waals surface area contributed by atoms with Crippen LogP contribution >= 0.6 is 11.6 Å². The van der Waals surface area contributed by atoms with Gasteiger partial charge in [-0.05, 0) is 25.4 Å². The Morgan fingerprint density at radius 3 is 2.57 bits per heavy atom. The largest absolute Gasteiger partial charge is 0.382 e. The van der Waals surface area contributed by atoms with Gasteiger partial charge in [-0.3, -0.25) is 4.79 Å². The molecule has 0 spiro atoms. The fraction of sp³-hybridized carbons (Fsp3) is 0.733. The molecule has 0 aromatic carbocycles. The molecule has 0 amide bonds. The van der Waals surface area contributed by atoms with Crippen LogP contribution in [0.2, 0.25) is 5.02 Å². The highest BCUT2D eigenvalue weighted by atomic mass is 35.5. The Labute approximate surface area is 132 Å². The van der Waals surface area contributed by atoms with Crippen LogP contribution in [0.1, 0.15) is 27.7 Å². The molecule has 0 bridgehead atoms. The van der Waals surface area contributed by atoms with Gasteiger partial charge < -0.3 is 10.2 Å². The molecule has 1 aromatic rings. The average molecular weight is 315 g/mol. The molecule has 0 atom stereocenters. The third kappa shape index (κ3) is 5.67. The van der Waals surface area contributed by atoms with Gasteiger partial charge in [-0.1, -0.05) is 39.3 Å². The minimum absolute atomic E-state index is 0.0691. The molecule has 0 aliphatic carbocycles. The summed E-state index contributed by atoms with van der Waals surface area (Å²) in [5.74, 6) is 0.351. The lowest BCUT2D eigenvalue weighted by molar-refractivity contribution is 0.254. The Kier molecular flexibility index (Phi) is 6.23. The maximum Gasteiger partial charge on any atom is 0.287 e. The zero-order valence-electron chi connectivity index (χ0n) is 13.9. The minimum Gasteiger partial charge on any atom is -0.382 e. The van der Waals surface area contributed by atoms with Crippen molar-refractivity contribution in [2.24, 2.45) is 11.3 Å². The van der Waals surface area contributed by atoms with Crippen LogP contribution in [-0.4, -0.2) is 41.9 Å². The minimum atomic E-state index is -0.235. The summed E-state index contributed by atoms with van der Waals surface area (Å²) in [6.07, 6.45) is 1.64. The first kappa shape index (κ1) is 18.0. The predicted molar refractivity (Wildman–Crippen MR) is 89.2 cm³/mol.